The fraction of sp³-hybridized carbons (Fsp3) is 0.200. The monoisotopic (exact) mass is 323 g/mol. The minimum absolute atomic E-state index is 0.135. The van der Waals surface area contributed by atoms with E-state index in [4.69, 9.17) is 4.42 Å². The average molecular weight is 323 g/mol. The van der Waals surface area contributed by atoms with Crippen molar-refractivity contribution in [3.05, 3.63) is 95.9 Å². The second-order valence-corrected chi connectivity index (χ2v) is 5.66. The second-order valence-electron chi connectivity index (χ2n) is 5.66. The van der Waals surface area contributed by atoms with Gasteiger partial charge < -0.3 is 14.6 Å². The zero-order valence-electron chi connectivity index (χ0n) is 13.2. The lowest BCUT2D eigenvalue weighted by molar-refractivity contribution is 0.0529. The molecule has 3 aromatic rings. The van der Waals surface area contributed by atoms with Crippen molar-refractivity contribution in [3.8, 4) is 0 Å². The number of hydrogen-bond donors (Lipinski definition) is 3. The number of nitrogens with one attached hydrogen (secondary N) is 1. The highest BCUT2D eigenvalue weighted by molar-refractivity contribution is 5.32. The number of rotatable bonds is 7. The van der Waals surface area contributed by atoms with Crippen molar-refractivity contribution in [1.29, 1.82) is 0 Å². The van der Waals surface area contributed by atoms with Gasteiger partial charge in [-0.25, -0.2) is 0 Å². The fourth-order valence-electron chi connectivity index (χ4n) is 2.81. The summed E-state index contributed by atoms with van der Waals surface area (Å²) in [4.78, 5) is 0. The van der Waals surface area contributed by atoms with Crippen LogP contribution in [-0.2, 0) is 0 Å². The SMILES string of the molecule is OC[C@H](O)[C@H](NC(c1ccccc1)c1ccccc1)c1ccco1. The molecule has 0 radical (unpaired) electrons. The van der Waals surface area contributed by atoms with Gasteiger partial charge in [-0.15, -0.1) is 0 Å². The molecule has 1 aromatic heterocycles. The summed E-state index contributed by atoms with van der Waals surface area (Å²) in [5, 5.41) is 23.1. The van der Waals surface area contributed by atoms with E-state index in [1.165, 1.54) is 0 Å². The molecule has 0 aliphatic heterocycles. The minimum Gasteiger partial charge on any atom is -0.468 e. The maximum Gasteiger partial charge on any atom is 0.123 e. The van der Waals surface area contributed by atoms with E-state index >= 15 is 0 Å². The van der Waals surface area contributed by atoms with Crippen LogP contribution >= 0.6 is 0 Å². The highest BCUT2D eigenvalue weighted by atomic mass is 16.3. The number of benzene rings is 2. The van der Waals surface area contributed by atoms with Crippen molar-refractivity contribution in [3.63, 3.8) is 0 Å². The van der Waals surface area contributed by atoms with Gasteiger partial charge >= 0.3 is 0 Å². The van der Waals surface area contributed by atoms with Gasteiger partial charge in [0.1, 0.15) is 5.76 Å². The quantitative estimate of drug-likeness (QED) is 0.625. The van der Waals surface area contributed by atoms with Crippen LogP contribution in [0, 0.1) is 0 Å². The standard InChI is InChI=1S/C20H21NO3/c22-14-17(23)20(18-12-7-13-24-18)21-19(15-8-3-1-4-9-15)16-10-5-2-6-11-16/h1-13,17,19-23H,14H2/t17-,20-/m0/s1. The van der Waals surface area contributed by atoms with Gasteiger partial charge in [0.05, 0.1) is 31.1 Å². The Bertz CT molecular complexity index is 674. The van der Waals surface area contributed by atoms with Crippen LogP contribution in [0.1, 0.15) is 29.0 Å². The van der Waals surface area contributed by atoms with Gasteiger partial charge in [0.25, 0.3) is 0 Å². The Hall–Kier alpha value is -2.40. The van der Waals surface area contributed by atoms with Crippen LogP contribution in [0.25, 0.3) is 0 Å². The molecular formula is C20H21NO3. The molecule has 4 heteroatoms. The summed E-state index contributed by atoms with van der Waals surface area (Å²) < 4.78 is 5.46. The van der Waals surface area contributed by atoms with Crippen LogP contribution in [-0.4, -0.2) is 22.9 Å². The van der Waals surface area contributed by atoms with Crippen LogP contribution in [0.5, 0.6) is 0 Å². The van der Waals surface area contributed by atoms with Crippen LogP contribution in [0.3, 0.4) is 0 Å². The second kappa shape index (κ2) is 7.93. The third-order valence-corrected chi connectivity index (χ3v) is 4.03. The molecule has 3 rings (SSSR count). The first-order chi connectivity index (χ1) is 11.8. The normalized spacial score (nSPS) is 13.8. The molecule has 0 fully saturated rings. The zero-order chi connectivity index (χ0) is 16.8. The molecule has 0 aliphatic rings. The fourth-order valence-corrected chi connectivity index (χ4v) is 2.81. The first kappa shape index (κ1) is 16.5. The van der Waals surface area contributed by atoms with E-state index in [-0.39, 0.29) is 12.6 Å². The summed E-state index contributed by atoms with van der Waals surface area (Å²) in [6.07, 6.45) is 0.597. The lowest BCUT2D eigenvalue weighted by Gasteiger charge is -2.28. The molecule has 4 nitrogen and oxygen atoms in total. The summed E-state index contributed by atoms with van der Waals surface area (Å²) in [7, 11) is 0. The van der Waals surface area contributed by atoms with Gasteiger partial charge in [-0.05, 0) is 23.3 Å². The van der Waals surface area contributed by atoms with Gasteiger partial charge in [-0.2, -0.15) is 0 Å². The molecule has 0 aliphatic carbocycles. The average Bonchev–Trinajstić information content (AvgIpc) is 3.18. The summed E-state index contributed by atoms with van der Waals surface area (Å²) in [5.41, 5.74) is 2.15. The van der Waals surface area contributed by atoms with Gasteiger partial charge in [0.15, 0.2) is 0 Å². The van der Waals surface area contributed by atoms with E-state index in [2.05, 4.69) is 5.32 Å². The molecule has 0 spiro atoms. The smallest absolute Gasteiger partial charge is 0.123 e. The Balaban J connectivity index is 1.96. The molecule has 0 saturated carbocycles. The van der Waals surface area contributed by atoms with Crippen molar-refractivity contribution >= 4 is 0 Å². The molecule has 0 saturated heterocycles. The Morgan fingerprint density at radius 1 is 0.833 bits per heavy atom. The van der Waals surface area contributed by atoms with Crippen LogP contribution < -0.4 is 5.32 Å². The van der Waals surface area contributed by atoms with Gasteiger partial charge in [0, 0.05) is 0 Å². The molecule has 0 bridgehead atoms. The summed E-state index contributed by atoms with van der Waals surface area (Å²) in [6, 6.07) is 22.9. The Morgan fingerprint density at radius 2 is 1.42 bits per heavy atom. The van der Waals surface area contributed by atoms with Gasteiger partial charge in [-0.3, -0.25) is 5.32 Å². The van der Waals surface area contributed by atoms with E-state index in [9.17, 15) is 10.2 Å². The van der Waals surface area contributed by atoms with E-state index in [0.29, 0.717) is 5.76 Å². The first-order valence-electron chi connectivity index (χ1n) is 7.98. The van der Waals surface area contributed by atoms with E-state index in [1.54, 1.807) is 18.4 Å². The molecule has 3 N–H and O–H groups in total. The van der Waals surface area contributed by atoms with Crippen molar-refractivity contribution in [2.24, 2.45) is 0 Å². The van der Waals surface area contributed by atoms with Crippen molar-refractivity contribution in [1.82, 2.24) is 5.32 Å². The Kier molecular flexibility index (Phi) is 5.43. The summed E-state index contributed by atoms with van der Waals surface area (Å²) in [5.74, 6) is 0.591. The maximum absolute atomic E-state index is 10.3. The predicted octanol–water partition coefficient (Wildman–Crippen LogP) is 3.05. The van der Waals surface area contributed by atoms with E-state index in [1.807, 2.05) is 60.7 Å². The highest BCUT2D eigenvalue weighted by Crippen LogP contribution is 2.27. The van der Waals surface area contributed by atoms with Gasteiger partial charge in [-0.1, -0.05) is 60.7 Å². The number of aliphatic hydroxyl groups excluding tert-OH is 2. The van der Waals surface area contributed by atoms with Crippen molar-refractivity contribution < 1.29 is 14.6 Å². The molecule has 2 aromatic carbocycles. The van der Waals surface area contributed by atoms with Gasteiger partial charge in [0.2, 0.25) is 0 Å². The van der Waals surface area contributed by atoms with Crippen LogP contribution in [0.4, 0.5) is 0 Å². The van der Waals surface area contributed by atoms with Crippen molar-refractivity contribution in [2.45, 2.75) is 18.2 Å². The van der Waals surface area contributed by atoms with E-state index in [0.717, 1.165) is 11.1 Å². The third kappa shape index (κ3) is 3.74. The first-order valence-corrected chi connectivity index (χ1v) is 7.98. The van der Waals surface area contributed by atoms with E-state index < -0.39 is 12.1 Å². The Morgan fingerprint density at radius 3 is 1.88 bits per heavy atom. The van der Waals surface area contributed by atoms with Crippen LogP contribution in [0.15, 0.2) is 83.5 Å². The number of aliphatic hydroxyl groups is 2. The maximum atomic E-state index is 10.3. The molecule has 24 heavy (non-hydrogen) atoms. The van der Waals surface area contributed by atoms with Crippen molar-refractivity contribution in [2.75, 3.05) is 6.61 Å². The zero-order valence-corrected chi connectivity index (χ0v) is 13.2. The summed E-state index contributed by atoms with van der Waals surface area (Å²) in [6.45, 7) is -0.353. The topological polar surface area (TPSA) is 65.6 Å². The largest absolute Gasteiger partial charge is 0.468 e. The molecule has 0 amide bonds. The number of hydrogen-bond acceptors (Lipinski definition) is 4. The molecule has 1 heterocycles. The molecule has 2 atom stereocenters. The molecule has 124 valence electrons. The van der Waals surface area contributed by atoms with Crippen LogP contribution in [0.2, 0.25) is 0 Å². The Labute approximate surface area is 141 Å². The lowest BCUT2D eigenvalue weighted by atomic mass is 9.96. The lowest BCUT2D eigenvalue weighted by Crippen LogP contribution is -2.36. The predicted molar refractivity (Wildman–Crippen MR) is 92.4 cm³/mol. The highest BCUT2D eigenvalue weighted by Gasteiger charge is 2.27. The molecule has 0 unspecified atom stereocenters. The number of furan rings is 1. The molecular weight excluding hydrogens is 302 g/mol. The third-order valence-electron chi connectivity index (χ3n) is 4.03. The minimum atomic E-state index is -0.967. The summed E-state index contributed by atoms with van der Waals surface area (Å²) >= 11 is 0.